The molecule has 0 fully saturated rings. The third kappa shape index (κ3) is 6.92. The highest BCUT2D eigenvalue weighted by Gasteiger charge is 2.32. The summed E-state index contributed by atoms with van der Waals surface area (Å²) < 4.78 is 59.6. The van der Waals surface area contributed by atoms with Gasteiger partial charge in [0.15, 0.2) is 0 Å². The van der Waals surface area contributed by atoms with Crippen molar-refractivity contribution < 1.29 is 31.5 Å². The van der Waals surface area contributed by atoms with Crippen molar-refractivity contribution in [2.75, 3.05) is 19.6 Å². The quantitative estimate of drug-likeness (QED) is 0.639. The summed E-state index contributed by atoms with van der Waals surface area (Å²) in [6.45, 7) is 0.0713. The van der Waals surface area contributed by atoms with Crippen LogP contribution in [0.1, 0.15) is 0 Å². The van der Waals surface area contributed by atoms with Crippen LogP contribution in [0.2, 0.25) is 0 Å². The van der Waals surface area contributed by atoms with Gasteiger partial charge in [-0.15, -0.1) is 6.58 Å². The van der Waals surface area contributed by atoms with Crippen LogP contribution in [0.3, 0.4) is 0 Å². The van der Waals surface area contributed by atoms with E-state index in [0.717, 1.165) is 6.08 Å². The maximum Gasteiger partial charge on any atom is 0.402 e. The molecular formula is C7H11F3N2O4S. The number of carboxylic acid groups (broad SMARTS) is 1. The van der Waals surface area contributed by atoms with Gasteiger partial charge in [-0.25, -0.2) is 0 Å². The Kier molecular flexibility index (Phi) is 5.58. The highest BCUT2D eigenvalue weighted by molar-refractivity contribution is 7.87. The van der Waals surface area contributed by atoms with Gasteiger partial charge >= 0.3 is 12.1 Å². The summed E-state index contributed by atoms with van der Waals surface area (Å²) in [5, 5.41) is 8.41. The van der Waals surface area contributed by atoms with Gasteiger partial charge in [-0.3, -0.25) is 4.79 Å². The van der Waals surface area contributed by atoms with E-state index in [0.29, 0.717) is 4.31 Å². The summed E-state index contributed by atoms with van der Waals surface area (Å²) in [6, 6.07) is 0. The van der Waals surface area contributed by atoms with E-state index < -0.39 is 42.0 Å². The number of hydrogen-bond donors (Lipinski definition) is 2. The Morgan fingerprint density at radius 3 is 2.35 bits per heavy atom. The van der Waals surface area contributed by atoms with Gasteiger partial charge in [0.1, 0.15) is 13.1 Å². The topological polar surface area (TPSA) is 86.7 Å². The SMILES string of the molecule is C=CCN(CC(=O)O)S(=O)(=O)NCC(F)(F)F. The first-order valence-corrected chi connectivity index (χ1v) is 5.66. The molecule has 0 saturated heterocycles. The largest absolute Gasteiger partial charge is 0.480 e. The molecule has 2 N–H and O–H groups in total. The fraction of sp³-hybridized carbons (Fsp3) is 0.571. The van der Waals surface area contributed by atoms with Gasteiger partial charge < -0.3 is 5.11 Å². The second kappa shape index (κ2) is 5.98. The summed E-state index contributed by atoms with van der Waals surface area (Å²) in [6.07, 6.45) is -3.65. The summed E-state index contributed by atoms with van der Waals surface area (Å²) >= 11 is 0. The van der Waals surface area contributed by atoms with Gasteiger partial charge in [0.25, 0.3) is 10.2 Å². The lowest BCUT2D eigenvalue weighted by molar-refractivity contribution is -0.137. The van der Waals surface area contributed by atoms with Crippen LogP contribution in [0.5, 0.6) is 0 Å². The molecule has 0 aromatic carbocycles. The fourth-order valence-corrected chi connectivity index (χ4v) is 1.92. The van der Waals surface area contributed by atoms with Gasteiger partial charge in [-0.2, -0.15) is 30.6 Å². The highest BCUT2D eigenvalue weighted by atomic mass is 32.2. The maximum atomic E-state index is 11.8. The van der Waals surface area contributed by atoms with Gasteiger partial charge in [0.2, 0.25) is 0 Å². The molecule has 0 aliphatic rings. The summed E-state index contributed by atoms with van der Waals surface area (Å²) in [4.78, 5) is 10.3. The number of alkyl halides is 3. The molecule has 0 atom stereocenters. The third-order valence-electron chi connectivity index (χ3n) is 1.44. The third-order valence-corrected chi connectivity index (χ3v) is 2.91. The second-order valence-electron chi connectivity index (χ2n) is 2.92. The Labute approximate surface area is 95.9 Å². The van der Waals surface area contributed by atoms with Crippen LogP contribution in [-0.4, -0.2) is 49.6 Å². The number of rotatable bonds is 7. The van der Waals surface area contributed by atoms with E-state index in [9.17, 15) is 26.4 Å². The Bertz CT molecular complexity index is 379. The normalized spacial score (nSPS) is 12.7. The fourth-order valence-electron chi connectivity index (χ4n) is 0.807. The highest BCUT2D eigenvalue weighted by Crippen LogP contribution is 2.13. The maximum absolute atomic E-state index is 11.8. The lowest BCUT2D eigenvalue weighted by Crippen LogP contribution is -2.46. The molecule has 6 nitrogen and oxygen atoms in total. The van der Waals surface area contributed by atoms with Crippen molar-refractivity contribution in [3.05, 3.63) is 12.7 Å². The number of halogens is 3. The zero-order chi connectivity index (χ0) is 13.7. The molecule has 0 amide bonds. The van der Waals surface area contributed by atoms with E-state index in [-0.39, 0.29) is 0 Å². The number of carboxylic acids is 1. The predicted octanol–water partition coefficient (Wildman–Crippen LogP) is -0.0443. The van der Waals surface area contributed by atoms with Crippen LogP contribution < -0.4 is 4.72 Å². The monoisotopic (exact) mass is 276 g/mol. The molecule has 0 bridgehead atoms. The van der Waals surface area contributed by atoms with Crippen molar-refractivity contribution in [1.29, 1.82) is 0 Å². The number of nitrogens with one attached hydrogen (secondary N) is 1. The molecule has 100 valence electrons. The summed E-state index contributed by atoms with van der Waals surface area (Å²) in [5.74, 6) is -1.48. The average molecular weight is 276 g/mol. The van der Waals surface area contributed by atoms with Crippen LogP contribution in [0, 0.1) is 0 Å². The van der Waals surface area contributed by atoms with Crippen molar-refractivity contribution in [2.24, 2.45) is 0 Å². The minimum atomic E-state index is -4.71. The van der Waals surface area contributed by atoms with Crippen molar-refractivity contribution in [2.45, 2.75) is 6.18 Å². The molecule has 0 aliphatic carbocycles. The Hall–Kier alpha value is -1.13. The molecular weight excluding hydrogens is 265 g/mol. The van der Waals surface area contributed by atoms with Gasteiger partial charge in [0.05, 0.1) is 0 Å². The van der Waals surface area contributed by atoms with Crippen LogP contribution >= 0.6 is 0 Å². The minimum absolute atomic E-state index is 0.327. The van der Waals surface area contributed by atoms with E-state index >= 15 is 0 Å². The number of nitrogens with zero attached hydrogens (tertiary/aromatic N) is 1. The summed E-state index contributed by atoms with van der Waals surface area (Å²) in [7, 11) is -4.50. The molecule has 0 aromatic rings. The Morgan fingerprint density at radius 1 is 1.47 bits per heavy atom. The van der Waals surface area contributed by atoms with Crippen LogP contribution in [0.25, 0.3) is 0 Å². The Balaban J connectivity index is 4.71. The predicted molar refractivity (Wildman–Crippen MR) is 52.4 cm³/mol. The lowest BCUT2D eigenvalue weighted by Gasteiger charge is -2.19. The smallest absolute Gasteiger partial charge is 0.402 e. The van der Waals surface area contributed by atoms with Crippen LogP contribution in [0.15, 0.2) is 12.7 Å². The molecule has 17 heavy (non-hydrogen) atoms. The van der Waals surface area contributed by atoms with E-state index in [1.165, 1.54) is 4.72 Å². The standard InChI is InChI=1S/C7H11F3N2O4S/c1-2-3-12(4-6(13)14)17(15,16)11-5-7(8,9)10/h2,11H,1,3-5H2,(H,13,14). The van der Waals surface area contributed by atoms with Crippen LogP contribution in [-0.2, 0) is 15.0 Å². The molecule has 0 heterocycles. The van der Waals surface area contributed by atoms with E-state index in [1.807, 2.05) is 0 Å². The number of hydrogen-bond acceptors (Lipinski definition) is 3. The molecule has 0 rings (SSSR count). The molecule has 0 radical (unpaired) electrons. The van der Waals surface area contributed by atoms with Crippen molar-refractivity contribution in [1.82, 2.24) is 9.03 Å². The van der Waals surface area contributed by atoms with Gasteiger partial charge in [-0.05, 0) is 0 Å². The first-order chi connectivity index (χ1) is 7.58. The summed E-state index contributed by atoms with van der Waals surface area (Å²) in [5.41, 5.74) is 0. The van der Waals surface area contributed by atoms with Gasteiger partial charge in [0, 0.05) is 6.54 Å². The molecule has 0 unspecified atom stereocenters. The van der Waals surface area contributed by atoms with Gasteiger partial charge in [-0.1, -0.05) is 6.08 Å². The lowest BCUT2D eigenvalue weighted by atomic mass is 10.6. The first kappa shape index (κ1) is 15.9. The molecule has 0 aliphatic heterocycles. The van der Waals surface area contributed by atoms with E-state index in [2.05, 4.69) is 6.58 Å². The van der Waals surface area contributed by atoms with E-state index in [4.69, 9.17) is 5.11 Å². The average Bonchev–Trinajstić information content (AvgIpc) is 2.13. The molecule has 0 spiro atoms. The molecule has 10 heteroatoms. The zero-order valence-electron chi connectivity index (χ0n) is 8.57. The molecule has 0 saturated carbocycles. The van der Waals surface area contributed by atoms with Crippen LogP contribution in [0.4, 0.5) is 13.2 Å². The zero-order valence-corrected chi connectivity index (χ0v) is 9.38. The Morgan fingerprint density at radius 2 is 2.00 bits per heavy atom. The van der Waals surface area contributed by atoms with E-state index in [1.54, 1.807) is 0 Å². The number of carbonyl (C=O) groups is 1. The van der Waals surface area contributed by atoms with Crippen molar-refractivity contribution in [3.8, 4) is 0 Å². The molecule has 0 aromatic heterocycles. The number of aliphatic carboxylic acids is 1. The van der Waals surface area contributed by atoms with Crippen molar-refractivity contribution >= 4 is 16.2 Å². The minimum Gasteiger partial charge on any atom is -0.480 e. The van der Waals surface area contributed by atoms with Crippen molar-refractivity contribution in [3.63, 3.8) is 0 Å². The second-order valence-corrected chi connectivity index (χ2v) is 4.67. The first-order valence-electron chi connectivity index (χ1n) is 4.22.